The molecule has 3 aromatic heterocycles. The molecule has 4 N–H and O–H groups in total. The minimum atomic E-state index is -1.02. The number of nitrogens with zero attached hydrogens (tertiary/aromatic N) is 5. The molecule has 0 saturated heterocycles. The van der Waals surface area contributed by atoms with E-state index in [0.717, 1.165) is 22.3 Å². The van der Waals surface area contributed by atoms with Crippen molar-refractivity contribution in [2.24, 2.45) is 10.2 Å². The Hall–Kier alpha value is -6.89. The first-order valence-corrected chi connectivity index (χ1v) is 16.4. The van der Waals surface area contributed by atoms with Gasteiger partial charge < -0.3 is 10.6 Å². The van der Waals surface area contributed by atoms with Crippen LogP contribution in [0.3, 0.4) is 0 Å². The largest absolute Gasteiger partial charge is 0.340 e. The van der Waals surface area contributed by atoms with E-state index in [1.54, 1.807) is 62.9 Å². The van der Waals surface area contributed by atoms with Crippen molar-refractivity contribution in [1.82, 2.24) is 36.4 Å². The highest BCUT2D eigenvalue weighted by Gasteiger charge is 2.25. The van der Waals surface area contributed by atoms with Crippen molar-refractivity contribution in [1.29, 1.82) is 0 Å². The number of carbonyl (C=O) groups excluding carboxylic acids is 4. The maximum atomic E-state index is 13.5. The van der Waals surface area contributed by atoms with Gasteiger partial charge in [-0.15, -0.1) is 0 Å². The molecule has 2 aromatic carbocycles. The number of benzene rings is 2. The number of hydrogen-bond acceptors (Lipinski definition) is 9. The fraction of sp³-hybridized carbons (Fsp3) is 0.154. The van der Waals surface area contributed by atoms with E-state index >= 15 is 0 Å². The Labute approximate surface area is 300 Å². The molecule has 262 valence electrons. The summed E-state index contributed by atoms with van der Waals surface area (Å²) in [6.07, 6.45) is 9.42. The summed E-state index contributed by atoms with van der Waals surface area (Å²) in [6, 6.07) is 24.8. The van der Waals surface area contributed by atoms with E-state index in [0.29, 0.717) is 11.4 Å². The minimum Gasteiger partial charge on any atom is -0.340 e. The van der Waals surface area contributed by atoms with Gasteiger partial charge in [-0.3, -0.25) is 34.1 Å². The molecule has 5 aromatic rings. The quantitative estimate of drug-likeness (QED) is 0.101. The van der Waals surface area contributed by atoms with Gasteiger partial charge in [0.05, 0.1) is 22.6 Å². The van der Waals surface area contributed by atoms with Crippen LogP contribution in [0, 0.1) is 0 Å². The maximum absolute atomic E-state index is 13.5. The average Bonchev–Trinajstić information content (AvgIpc) is 3.19. The van der Waals surface area contributed by atoms with E-state index in [1.165, 1.54) is 18.5 Å². The van der Waals surface area contributed by atoms with E-state index in [9.17, 15) is 19.2 Å². The molecule has 0 fully saturated rings. The Morgan fingerprint density at radius 2 is 0.923 bits per heavy atom. The molecule has 3 heterocycles. The summed E-state index contributed by atoms with van der Waals surface area (Å²) in [5, 5.41) is 13.9. The third-order valence-corrected chi connectivity index (χ3v) is 7.94. The monoisotopic (exact) mass is 695 g/mol. The molecule has 52 heavy (non-hydrogen) atoms. The van der Waals surface area contributed by atoms with Crippen molar-refractivity contribution in [3.05, 3.63) is 162 Å². The van der Waals surface area contributed by atoms with Crippen LogP contribution in [-0.2, 0) is 22.4 Å². The summed E-state index contributed by atoms with van der Waals surface area (Å²) >= 11 is 0. The molecule has 0 aliphatic heterocycles. The molecule has 0 unspecified atom stereocenters. The predicted octanol–water partition coefficient (Wildman–Crippen LogP) is 3.63. The molecule has 13 nitrogen and oxygen atoms in total. The van der Waals surface area contributed by atoms with Crippen LogP contribution < -0.4 is 21.5 Å². The van der Waals surface area contributed by atoms with Crippen LogP contribution in [0.2, 0.25) is 0 Å². The molecule has 2 atom stereocenters. The lowest BCUT2D eigenvalue weighted by atomic mass is 10.0. The van der Waals surface area contributed by atoms with Crippen LogP contribution in [0.1, 0.15) is 56.8 Å². The van der Waals surface area contributed by atoms with Gasteiger partial charge in [0.25, 0.3) is 23.6 Å². The SMILES string of the molecule is C/C(=N\NC(=O)[C@H](Cc1ccccc1)NC(=O)c1cncc(C(=O)N[C@@H](Cc2ccccc2)C(=O)N/N=C(\C)c2ccncc2)c1)c1ccncc1. The van der Waals surface area contributed by atoms with Gasteiger partial charge in [0.1, 0.15) is 12.1 Å². The zero-order chi connectivity index (χ0) is 36.7. The zero-order valence-electron chi connectivity index (χ0n) is 28.6. The number of pyridine rings is 3. The summed E-state index contributed by atoms with van der Waals surface area (Å²) < 4.78 is 0. The second-order valence-electron chi connectivity index (χ2n) is 11.7. The van der Waals surface area contributed by atoms with Crippen molar-refractivity contribution in [2.75, 3.05) is 0 Å². The van der Waals surface area contributed by atoms with Gasteiger partial charge in [0.2, 0.25) is 0 Å². The van der Waals surface area contributed by atoms with Crippen LogP contribution >= 0.6 is 0 Å². The highest BCUT2D eigenvalue weighted by Crippen LogP contribution is 2.10. The van der Waals surface area contributed by atoms with E-state index in [-0.39, 0.29) is 24.0 Å². The number of hydrogen-bond donors (Lipinski definition) is 4. The second-order valence-corrected chi connectivity index (χ2v) is 11.7. The highest BCUT2D eigenvalue weighted by molar-refractivity contribution is 6.03. The van der Waals surface area contributed by atoms with E-state index in [4.69, 9.17) is 0 Å². The van der Waals surface area contributed by atoms with Crippen LogP contribution in [0.25, 0.3) is 0 Å². The van der Waals surface area contributed by atoms with Gasteiger partial charge in [-0.2, -0.15) is 10.2 Å². The summed E-state index contributed by atoms with van der Waals surface area (Å²) in [7, 11) is 0. The normalized spacial score (nSPS) is 12.6. The zero-order valence-corrected chi connectivity index (χ0v) is 28.6. The molecule has 0 aliphatic carbocycles. The second kappa shape index (κ2) is 18.2. The number of rotatable bonds is 14. The van der Waals surface area contributed by atoms with Gasteiger partial charge in [-0.05, 0) is 55.3 Å². The lowest BCUT2D eigenvalue weighted by Gasteiger charge is -2.19. The van der Waals surface area contributed by atoms with Crippen molar-refractivity contribution >= 4 is 35.1 Å². The highest BCUT2D eigenvalue weighted by atomic mass is 16.2. The number of hydrazone groups is 2. The molecule has 0 bridgehead atoms. The summed E-state index contributed by atoms with van der Waals surface area (Å²) in [4.78, 5) is 65.9. The number of aromatic nitrogens is 3. The predicted molar refractivity (Wildman–Crippen MR) is 196 cm³/mol. The first-order chi connectivity index (χ1) is 25.3. The molecule has 0 aliphatic rings. The fourth-order valence-electron chi connectivity index (χ4n) is 5.04. The van der Waals surface area contributed by atoms with Crippen LogP contribution in [0.4, 0.5) is 0 Å². The standard InChI is InChI=1S/C39H37N9O4/c1-26(30-13-17-40-18-14-30)45-47-38(51)34(21-28-9-5-3-6-10-28)43-36(49)32-23-33(25-42-24-32)37(50)44-35(22-29-11-7-4-8-12-29)39(52)48-46-27(2)31-15-19-41-20-16-31/h3-20,23-25,34-35H,21-22H2,1-2H3,(H,43,49)(H,44,50)(H,47,51)(H,48,52)/b45-26+,46-27+/t34-,35-/m0/s1. The first-order valence-electron chi connectivity index (χ1n) is 16.4. The lowest BCUT2D eigenvalue weighted by Crippen LogP contribution is -2.47. The van der Waals surface area contributed by atoms with Gasteiger partial charge in [-0.1, -0.05) is 60.7 Å². The van der Waals surface area contributed by atoms with E-state index < -0.39 is 35.7 Å². The Kier molecular flexibility index (Phi) is 12.7. The Bertz CT molecular complexity index is 1900. The molecule has 0 spiro atoms. The molecule has 0 radical (unpaired) electrons. The first kappa shape index (κ1) is 36.4. The van der Waals surface area contributed by atoms with Gasteiger partial charge in [0.15, 0.2) is 0 Å². The van der Waals surface area contributed by atoms with Crippen molar-refractivity contribution in [3.63, 3.8) is 0 Å². The summed E-state index contributed by atoms with van der Waals surface area (Å²) in [6.45, 7) is 3.49. The van der Waals surface area contributed by atoms with Crippen LogP contribution in [-0.4, -0.2) is 62.1 Å². The van der Waals surface area contributed by atoms with Crippen LogP contribution in [0.5, 0.6) is 0 Å². The Morgan fingerprint density at radius 1 is 0.538 bits per heavy atom. The molecule has 4 amide bonds. The molecular weight excluding hydrogens is 658 g/mol. The van der Waals surface area contributed by atoms with Gasteiger partial charge in [0, 0.05) is 61.1 Å². The summed E-state index contributed by atoms with van der Waals surface area (Å²) in [5.74, 6) is -2.34. The topological polar surface area (TPSA) is 180 Å². The van der Waals surface area contributed by atoms with Gasteiger partial charge in [-0.25, -0.2) is 10.9 Å². The summed E-state index contributed by atoms with van der Waals surface area (Å²) in [5.41, 5.74) is 9.46. The number of nitrogens with one attached hydrogen (secondary N) is 4. The van der Waals surface area contributed by atoms with Crippen molar-refractivity contribution < 1.29 is 19.2 Å². The maximum Gasteiger partial charge on any atom is 0.262 e. The van der Waals surface area contributed by atoms with E-state index in [2.05, 4.69) is 46.6 Å². The minimum absolute atomic E-state index is 0.0385. The van der Waals surface area contributed by atoms with E-state index in [1.807, 2.05) is 60.7 Å². The third-order valence-electron chi connectivity index (χ3n) is 7.94. The molecule has 5 rings (SSSR count). The average molecular weight is 696 g/mol. The number of amides is 4. The smallest absolute Gasteiger partial charge is 0.262 e. The Morgan fingerprint density at radius 3 is 1.31 bits per heavy atom. The number of carbonyl (C=O) groups is 4. The molecule has 0 saturated carbocycles. The lowest BCUT2D eigenvalue weighted by molar-refractivity contribution is -0.123. The third kappa shape index (κ3) is 10.6. The molecule has 13 heteroatoms. The van der Waals surface area contributed by atoms with Crippen molar-refractivity contribution in [2.45, 2.75) is 38.8 Å². The molecular formula is C39H37N9O4. The fourth-order valence-corrected chi connectivity index (χ4v) is 5.04. The Balaban J connectivity index is 1.30. The van der Waals surface area contributed by atoms with Gasteiger partial charge >= 0.3 is 0 Å². The van der Waals surface area contributed by atoms with Crippen LogP contribution in [0.15, 0.2) is 138 Å². The van der Waals surface area contributed by atoms with Crippen molar-refractivity contribution in [3.8, 4) is 0 Å².